The van der Waals surface area contributed by atoms with Crippen molar-refractivity contribution in [2.24, 2.45) is 0 Å². The number of carbonyl (C=O) groups is 3. The van der Waals surface area contributed by atoms with Crippen LogP contribution in [0.4, 0.5) is 0 Å². The minimum Gasteiger partial charge on any atom is -0.351 e. The average Bonchev–Trinajstić information content (AvgIpc) is 3.22. The Balaban J connectivity index is 1.85. The van der Waals surface area contributed by atoms with E-state index in [0.717, 1.165) is 16.7 Å². The number of nitrogens with one attached hydrogen (secondary N) is 1. The van der Waals surface area contributed by atoms with Gasteiger partial charge in [0.25, 0.3) is 5.91 Å². The summed E-state index contributed by atoms with van der Waals surface area (Å²) in [5.41, 5.74) is 3.13. The summed E-state index contributed by atoms with van der Waals surface area (Å²) in [6, 6.07) is 25.2. The van der Waals surface area contributed by atoms with Crippen LogP contribution in [0.2, 0.25) is 0 Å². The minimum absolute atomic E-state index is 0.167. The van der Waals surface area contributed by atoms with Gasteiger partial charge in [0.15, 0.2) is 0 Å². The number of amides is 3. The molecule has 1 aliphatic heterocycles. The second kappa shape index (κ2) is 9.91. The van der Waals surface area contributed by atoms with E-state index in [9.17, 15) is 14.4 Å². The van der Waals surface area contributed by atoms with E-state index in [-0.39, 0.29) is 23.8 Å². The lowest BCUT2D eigenvalue weighted by Crippen LogP contribution is -2.47. The van der Waals surface area contributed by atoms with E-state index in [1.54, 1.807) is 25.1 Å². The van der Waals surface area contributed by atoms with Crippen LogP contribution in [0.5, 0.6) is 0 Å². The third kappa shape index (κ3) is 4.57. The number of hydrogen-bond acceptors (Lipinski definition) is 3. The summed E-state index contributed by atoms with van der Waals surface area (Å²) in [6.45, 7) is 1.46. The van der Waals surface area contributed by atoms with Gasteiger partial charge in [0.05, 0.1) is 12.1 Å². The Labute approximate surface area is 200 Å². The molecule has 0 saturated carbocycles. The van der Waals surface area contributed by atoms with Crippen molar-refractivity contribution < 1.29 is 14.4 Å². The van der Waals surface area contributed by atoms with Crippen molar-refractivity contribution in [1.29, 1.82) is 0 Å². The lowest BCUT2D eigenvalue weighted by molar-refractivity contribution is -0.133. The number of likely N-dealkylation sites (N-methyl/N-ethyl adjacent to an activating group) is 1. The first-order chi connectivity index (χ1) is 16.4. The van der Waals surface area contributed by atoms with Crippen molar-refractivity contribution in [1.82, 2.24) is 15.1 Å². The van der Waals surface area contributed by atoms with Gasteiger partial charge in [-0.25, -0.2) is 0 Å². The number of nitrogens with zero attached hydrogens (tertiary/aromatic N) is 2. The topological polar surface area (TPSA) is 69.7 Å². The molecular formula is C28H29N3O3. The molecule has 1 aliphatic rings. The Kier molecular flexibility index (Phi) is 6.77. The van der Waals surface area contributed by atoms with Gasteiger partial charge < -0.3 is 15.1 Å². The molecule has 0 aromatic heterocycles. The molecule has 0 bridgehead atoms. The van der Waals surface area contributed by atoms with Gasteiger partial charge in [0, 0.05) is 26.6 Å². The fourth-order valence-electron chi connectivity index (χ4n) is 4.78. The molecule has 0 aliphatic carbocycles. The van der Waals surface area contributed by atoms with Gasteiger partial charge in [-0.05, 0) is 29.2 Å². The molecule has 174 valence electrons. The highest BCUT2D eigenvalue weighted by atomic mass is 16.2. The van der Waals surface area contributed by atoms with Gasteiger partial charge in [-0.2, -0.15) is 0 Å². The van der Waals surface area contributed by atoms with Crippen molar-refractivity contribution in [2.75, 3.05) is 14.1 Å². The normalized spacial score (nSPS) is 19.5. The van der Waals surface area contributed by atoms with E-state index in [4.69, 9.17) is 0 Å². The molecule has 3 amide bonds. The highest BCUT2D eigenvalue weighted by Crippen LogP contribution is 2.39. The zero-order valence-electron chi connectivity index (χ0n) is 19.6. The quantitative estimate of drug-likeness (QED) is 0.634. The van der Waals surface area contributed by atoms with Crippen molar-refractivity contribution in [3.63, 3.8) is 0 Å². The summed E-state index contributed by atoms with van der Waals surface area (Å²) < 4.78 is 0. The summed E-state index contributed by atoms with van der Waals surface area (Å²) in [4.78, 5) is 42.7. The van der Waals surface area contributed by atoms with Crippen molar-refractivity contribution >= 4 is 17.7 Å². The summed E-state index contributed by atoms with van der Waals surface area (Å²) in [6.07, 6.45) is 0.343. The largest absolute Gasteiger partial charge is 0.351 e. The number of rotatable bonds is 5. The first-order valence-electron chi connectivity index (χ1n) is 11.4. The Bertz CT molecular complexity index is 1180. The smallest absolute Gasteiger partial charge is 0.255 e. The van der Waals surface area contributed by atoms with Gasteiger partial charge in [0.1, 0.15) is 6.04 Å². The Morgan fingerprint density at radius 3 is 2.06 bits per heavy atom. The van der Waals surface area contributed by atoms with Crippen LogP contribution in [0, 0.1) is 0 Å². The predicted molar refractivity (Wildman–Crippen MR) is 132 cm³/mol. The standard InChI is InChI=1S/C28H29N3O3/c1-19(32)29-24-18-25(28(34)30(2)3)31(26(24)21-14-8-5-9-15-21)27(33)23-17-11-10-16-22(23)20-12-6-4-7-13-20/h4-17,24-26H,18H2,1-3H3,(H,29,32)/t24-,25+,26+/m1/s1. The molecule has 0 unspecified atom stereocenters. The highest BCUT2D eigenvalue weighted by molar-refractivity contribution is 6.03. The average molecular weight is 456 g/mol. The Hall–Kier alpha value is -3.93. The fraction of sp³-hybridized carbons (Fsp3) is 0.250. The first-order valence-corrected chi connectivity index (χ1v) is 11.4. The van der Waals surface area contributed by atoms with Crippen molar-refractivity contribution in [3.8, 4) is 11.1 Å². The maximum Gasteiger partial charge on any atom is 0.255 e. The van der Waals surface area contributed by atoms with Crippen LogP contribution < -0.4 is 5.32 Å². The summed E-state index contributed by atoms with van der Waals surface area (Å²) >= 11 is 0. The number of hydrogen-bond donors (Lipinski definition) is 1. The molecule has 1 N–H and O–H groups in total. The maximum atomic E-state index is 14.2. The molecule has 6 nitrogen and oxygen atoms in total. The summed E-state index contributed by atoms with van der Waals surface area (Å²) in [7, 11) is 3.37. The van der Waals surface area contributed by atoms with Gasteiger partial charge in [-0.3, -0.25) is 14.4 Å². The number of benzene rings is 3. The van der Waals surface area contributed by atoms with Crippen LogP contribution in [0.1, 0.15) is 35.3 Å². The van der Waals surface area contributed by atoms with Crippen LogP contribution in [-0.2, 0) is 9.59 Å². The molecule has 1 fully saturated rings. The van der Waals surface area contributed by atoms with E-state index in [0.29, 0.717) is 12.0 Å². The van der Waals surface area contributed by atoms with Gasteiger partial charge in [-0.15, -0.1) is 0 Å². The molecule has 3 aromatic carbocycles. The SMILES string of the molecule is CC(=O)N[C@@H]1C[C@@H](C(=O)N(C)C)N(C(=O)c2ccccc2-c2ccccc2)[C@H]1c1ccccc1. The molecule has 0 spiro atoms. The van der Waals surface area contributed by atoms with Crippen LogP contribution in [0.15, 0.2) is 84.9 Å². The zero-order chi connectivity index (χ0) is 24.2. The summed E-state index contributed by atoms with van der Waals surface area (Å²) in [5.74, 6) is -0.596. The molecular weight excluding hydrogens is 426 g/mol. The first kappa shape index (κ1) is 23.2. The van der Waals surface area contributed by atoms with E-state index in [1.165, 1.54) is 11.8 Å². The van der Waals surface area contributed by atoms with E-state index < -0.39 is 12.1 Å². The Morgan fingerprint density at radius 2 is 1.44 bits per heavy atom. The Morgan fingerprint density at radius 1 is 0.853 bits per heavy atom. The second-order valence-electron chi connectivity index (χ2n) is 8.77. The molecule has 6 heteroatoms. The monoisotopic (exact) mass is 455 g/mol. The summed E-state index contributed by atoms with van der Waals surface area (Å²) in [5, 5.41) is 2.99. The maximum absolute atomic E-state index is 14.2. The molecule has 1 heterocycles. The predicted octanol–water partition coefficient (Wildman–Crippen LogP) is 3.90. The van der Waals surface area contributed by atoms with E-state index >= 15 is 0 Å². The molecule has 3 aromatic rings. The molecule has 34 heavy (non-hydrogen) atoms. The lowest BCUT2D eigenvalue weighted by Gasteiger charge is -2.33. The fourth-order valence-corrected chi connectivity index (χ4v) is 4.78. The third-order valence-corrected chi connectivity index (χ3v) is 6.23. The van der Waals surface area contributed by atoms with Crippen LogP contribution >= 0.6 is 0 Å². The zero-order valence-corrected chi connectivity index (χ0v) is 19.6. The second-order valence-corrected chi connectivity index (χ2v) is 8.77. The molecule has 0 radical (unpaired) electrons. The van der Waals surface area contributed by atoms with Crippen molar-refractivity contribution in [2.45, 2.75) is 31.5 Å². The lowest BCUT2D eigenvalue weighted by atomic mass is 9.97. The number of carbonyl (C=O) groups excluding carboxylic acids is 3. The van der Waals surface area contributed by atoms with E-state index in [1.807, 2.05) is 78.9 Å². The van der Waals surface area contributed by atoms with Crippen LogP contribution in [0.3, 0.4) is 0 Å². The minimum atomic E-state index is -0.701. The van der Waals surface area contributed by atoms with Crippen LogP contribution in [0.25, 0.3) is 11.1 Å². The highest BCUT2D eigenvalue weighted by Gasteiger charge is 2.48. The third-order valence-electron chi connectivity index (χ3n) is 6.23. The van der Waals surface area contributed by atoms with Gasteiger partial charge in [-0.1, -0.05) is 78.9 Å². The number of likely N-dealkylation sites (tertiary alicyclic amines) is 1. The van der Waals surface area contributed by atoms with Gasteiger partial charge >= 0.3 is 0 Å². The van der Waals surface area contributed by atoms with E-state index in [2.05, 4.69) is 5.32 Å². The van der Waals surface area contributed by atoms with Gasteiger partial charge in [0.2, 0.25) is 11.8 Å². The molecule has 3 atom stereocenters. The van der Waals surface area contributed by atoms with Crippen molar-refractivity contribution in [3.05, 3.63) is 96.1 Å². The van der Waals surface area contributed by atoms with Crippen LogP contribution in [-0.4, -0.2) is 53.7 Å². The molecule has 4 rings (SSSR count). The molecule has 1 saturated heterocycles.